The molecule has 0 bridgehead atoms. The van der Waals surface area contributed by atoms with Gasteiger partial charge in [0.1, 0.15) is 12.2 Å². The SMILES string of the molecule is CNC(Cc1ncnn1C(C)C)c1cncc(C)c1. The maximum atomic E-state index is 4.36. The summed E-state index contributed by atoms with van der Waals surface area (Å²) in [6.45, 7) is 6.28. The number of hydrogen-bond acceptors (Lipinski definition) is 4. The van der Waals surface area contributed by atoms with Gasteiger partial charge < -0.3 is 5.32 Å². The molecule has 0 radical (unpaired) electrons. The number of rotatable bonds is 5. The van der Waals surface area contributed by atoms with Crippen LogP contribution in [0.2, 0.25) is 0 Å². The number of hydrogen-bond donors (Lipinski definition) is 1. The van der Waals surface area contributed by atoms with Gasteiger partial charge in [-0.15, -0.1) is 0 Å². The lowest BCUT2D eigenvalue weighted by Gasteiger charge is -2.17. The van der Waals surface area contributed by atoms with Gasteiger partial charge in [-0.1, -0.05) is 6.07 Å². The molecule has 102 valence electrons. The number of aryl methyl sites for hydroxylation is 1. The second-order valence-corrected chi connectivity index (χ2v) is 5.06. The standard InChI is InChI=1S/C14H21N5/c1-10(2)19-14(17-9-18-19)6-13(15-4)12-5-11(3)7-16-8-12/h5,7-10,13,15H,6H2,1-4H3. The molecule has 0 aliphatic rings. The van der Waals surface area contributed by atoms with E-state index in [1.54, 1.807) is 6.33 Å². The third-order valence-corrected chi connectivity index (χ3v) is 3.17. The van der Waals surface area contributed by atoms with Crippen LogP contribution in [0.4, 0.5) is 0 Å². The van der Waals surface area contributed by atoms with Crippen LogP contribution in [0.1, 0.15) is 42.9 Å². The third-order valence-electron chi connectivity index (χ3n) is 3.17. The molecule has 0 aromatic carbocycles. The quantitative estimate of drug-likeness (QED) is 0.893. The number of nitrogens with zero attached hydrogens (tertiary/aromatic N) is 4. The van der Waals surface area contributed by atoms with Crippen molar-refractivity contribution < 1.29 is 0 Å². The maximum absolute atomic E-state index is 4.36. The van der Waals surface area contributed by atoms with E-state index in [0.29, 0.717) is 6.04 Å². The maximum Gasteiger partial charge on any atom is 0.138 e. The van der Waals surface area contributed by atoms with Crippen molar-refractivity contribution in [3.05, 3.63) is 41.7 Å². The van der Waals surface area contributed by atoms with E-state index >= 15 is 0 Å². The number of pyridine rings is 1. The largest absolute Gasteiger partial charge is 0.313 e. The van der Waals surface area contributed by atoms with E-state index in [-0.39, 0.29) is 6.04 Å². The number of aromatic nitrogens is 4. The second-order valence-electron chi connectivity index (χ2n) is 5.06. The van der Waals surface area contributed by atoms with Crippen LogP contribution in [0.25, 0.3) is 0 Å². The van der Waals surface area contributed by atoms with Gasteiger partial charge >= 0.3 is 0 Å². The fourth-order valence-electron chi connectivity index (χ4n) is 2.19. The molecule has 2 heterocycles. The zero-order valence-electron chi connectivity index (χ0n) is 12.0. The monoisotopic (exact) mass is 259 g/mol. The summed E-state index contributed by atoms with van der Waals surface area (Å²) in [5, 5.41) is 7.61. The van der Waals surface area contributed by atoms with E-state index in [1.165, 1.54) is 11.1 Å². The Morgan fingerprint density at radius 2 is 2.11 bits per heavy atom. The predicted molar refractivity (Wildman–Crippen MR) is 74.9 cm³/mol. The van der Waals surface area contributed by atoms with Crippen LogP contribution >= 0.6 is 0 Å². The molecule has 5 heteroatoms. The molecule has 2 aromatic heterocycles. The molecule has 2 aromatic rings. The first kappa shape index (κ1) is 13.7. The van der Waals surface area contributed by atoms with Crippen LogP contribution in [0.5, 0.6) is 0 Å². The van der Waals surface area contributed by atoms with Crippen molar-refractivity contribution in [2.75, 3.05) is 7.05 Å². The topological polar surface area (TPSA) is 55.6 Å². The summed E-state index contributed by atoms with van der Waals surface area (Å²) in [7, 11) is 1.96. The van der Waals surface area contributed by atoms with Crippen LogP contribution in [-0.2, 0) is 6.42 Å². The minimum atomic E-state index is 0.203. The highest BCUT2D eigenvalue weighted by molar-refractivity contribution is 5.21. The van der Waals surface area contributed by atoms with Gasteiger partial charge in [-0.05, 0) is 38.9 Å². The summed E-state index contributed by atoms with van der Waals surface area (Å²) < 4.78 is 1.97. The number of nitrogens with one attached hydrogen (secondary N) is 1. The molecule has 1 atom stereocenters. The van der Waals surface area contributed by atoms with E-state index < -0.39 is 0 Å². The van der Waals surface area contributed by atoms with Crippen molar-refractivity contribution in [3.8, 4) is 0 Å². The minimum absolute atomic E-state index is 0.203. The molecular weight excluding hydrogens is 238 g/mol. The average Bonchev–Trinajstić information content (AvgIpc) is 2.84. The summed E-state index contributed by atoms with van der Waals surface area (Å²) in [6, 6.07) is 2.68. The Kier molecular flexibility index (Phi) is 4.27. The van der Waals surface area contributed by atoms with Gasteiger partial charge in [0.15, 0.2) is 0 Å². The first-order chi connectivity index (χ1) is 9.11. The molecule has 0 aliphatic carbocycles. The highest BCUT2D eigenvalue weighted by Gasteiger charge is 2.15. The van der Waals surface area contributed by atoms with Crippen LogP contribution in [0.3, 0.4) is 0 Å². The zero-order valence-corrected chi connectivity index (χ0v) is 12.0. The predicted octanol–water partition coefficient (Wildman–Crippen LogP) is 2.07. The minimum Gasteiger partial charge on any atom is -0.313 e. The smallest absolute Gasteiger partial charge is 0.138 e. The van der Waals surface area contributed by atoms with Gasteiger partial charge in [0, 0.05) is 30.9 Å². The van der Waals surface area contributed by atoms with Crippen molar-refractivity contribution in [3.63, 3.8) is 0 Å². The Morgan fingerprint density at radius 3 is 2.74 bits per heavy atom. The van der Waals surface area contributed by atoms with Gasteiger partial charge in [-0.25, -0.2) is 9.67 Å². The molecule has 0 amide bonds. The first-order valence-corrected chi connectivity index (χ1v) is 6.59. The zero-order chi connectivity index (χ0) is 13.8. The van der Waals surface area contributed by atoms with E-state index in [0.717, 1.165) is 12.2 Å². The van der Waals surface area contributed by atoms with Crippen molar-refractivity contribution in [1.82, 2.24) is 25.1 Å². The molecule has 5 nitrogen and oxygen atoms in total. The Morgan fingerprint density at radius 1 is 1.32 bits per heavy atom. The van der Waals surface area contributed by atoms with Crippen LogP contribution in [-0.4, -0.2) is 26.8 Å². The lowest BCUT2D eigenvalue weighted by molar-refractivity contribution is 0.477. The van der Waals surface area contributed by atoms with Crippen molar-refractivity contribution >= 4 is 0 Å². The normalized spacial score (nSPS) is 12.9. The van der Waals surface area contributed by atoms with Gasteiger partial charge in [0.2, 0.25) is 0 Å². The van der Waals surface area contributed by atoms with E-state index in [2.05, 4.69) is 47.2 Å². The summed E-state index contributed by atoms with van der Waals surface area (Å²) in [6.07, 6.45) is 6.20. The number of likely N-dealkylation sites (N-methyl/N-ethyl adjacent to an activating group) is 1. The highest BCUT2D eigenvalue weighted by Crippen LogP contribution is 2.18. The second kappa shape index (κ2) is 5.93. The lowest BCUT2D eigenvalue weighted by Crippen LogP contribution is -2.22. The summed E-state index contributed by atoms with van der Waals surface area (Å²) >= 11 is 0. The van der Waals surface area contributed by atoms with E-state index in [9.17, 15) is 0 Å². The van der Waals surface area contributed by atoms with E-state index in [4.69, 9.17) is 0 Å². The van der Waals surface area contributed by atoms with Gasteiger partial charge in [0.25, 0.3) is 0 Å². The lowest BCUT2D eigenvalue weighted by atomic mass is 10.0. The van der Waals surface area contributed by atoms with Gasteiger partial charge in [0.05, 0.1) is 0 Å². The fraction of sp³-hybridized carbons (Fsp3) is 0.500. The fourth-order valence-corrected chi connectivity index (χ4v) is 2.19. The average molecular weight is 259 g/mol. The summed E-state index contributed by atoms with van der Waals surface area (Å²) in [5.41, 5.74) is 2.35. The molecule has 0 saturated carbocycles. The first-order valence-electron chi connectivity index (χ1n) is 6.59. The van der Waals surface area contributed by atoms with Crippen LogP contribution in [0.15, 0.2) is 24.8 Å². The molecular formula is C14H21N5. The Labute approximate surface area is 114 Å². The molecule has 1 unspecified atom stereocenters. The Hall–Kier alpha value is -1.75. The van der Waals surface area contributed by atoms with Crippen molar-refractivity contribution in [1.29, 1.82) is 0 Å². The molecule has 0 fully saturated rings. The molecule has 1 N–H and O–H groups in total. The van der Waals surface area contributed by atoms with Gasteiger partial charge in [-0.3, -0.25) is 4.98 Å². The van der Waals surface area contributed by atoms with Crippen molar-refractivity contribution in [2.24, 2.45) is 0 Å². The Bertz CT molecular complexity index is 532. The van der Waals surface area contributed by atoms with Crippen LogP contribution in [0, 0.1) is 6.92 Å². The molecule has 19 heavy (non-hydrogen) atoms. The molecule has 0 spiro atoms. The molecule has 0 aliphatic heterocycles. The van der Waals surface area contributed by atoms with Crippen LogP contribution < -0.4 is 5.32 Å². The Balaban J connectivity index is 2.22. The summed E-state index contributed by atoms with van der Waals surface area (Å²) in [4.78, 5) is 8.62. The third kappa shape index (κ3) is 3.17. The highest BCUT2D eigenvalue weighted by atomic mass is 15.3. The van der Waals surface area contributed by atoms with Gasteiger partial charge in [-0.2, -0.15) is 5.10 Å². The molecule has 0 saturated heterocycles. The van der Waals surface area contributed by atoms with Crippen molar-refractivity contribution in [2.45, 2.75) is 39.3 Å². The summed E-state index contributed by atoms with van der Waals surface area (Å²) in [5.74, 6) is 0.996. The molecule has 2 rings (SSSR count). The van der Waals surface area contributed by atoms with E-state index in [1.807, 2.05) is 24.1 Å².